The van der Waals surface area contributed by atoms with Gasteiger partial charge in [-0.15, -0.1) is 0 Å². The molecular formula is C26H21FN4O4. The van der Waals surface area contributed by atoms with Crippen molar-refractivity contribution in [3.05, 3.63) is 100.0 Å². The molecule has 0 radical (unpaired) electrons. The molecule has 1 aliphatic heterocycles. The molecule has 2 aromatic carbocycles. The zero-order chi connectivity index (χ0) is 24.4. The van der Waals surface area contributed by atoms with Crippen LogP contribution in [0.5, 0.6) is 11.5 Å². The zero-order valence-corrected chi connectivity index (χ0v) is 18.6. The molecule has 0 atom stereocenters. The number of nitrogens with one attached hydrogen (secondary N) is 1. The van der Waals surface area contributed by atoms with Crippen LogP contribution in [0.15, 0.2) is 71.7 Å². The Kier molecular flexibility index (Phi) is 5.97. The maximum Gasteiger partial charge on any atom is 0.284 e. The van der Waals surface area contributed by atoms with Crippen molar-refractivity contribution < 1.29 is 18.7 Å². The Hall–Kier alpha value is -4.53. The predicted molar refractivity (Wildman–Crippen MR) is 127 cm³/mol. The Morgan fingerprint density at radius 2 is 1.91 bits per heavy atom. The molecule has 0 saturated heterocycles. The van der Waals surface area contributed by atoms with Gasteiger partial charge in [0.2, 0.25) is 0 Å². The van der Waals surface area contributed by atoms with Crippen molar-refractivity contribution >= 4 is 17.9 Å². The van der Waals surface area contributed by atoms with Gasteiger partial charge in [-0.1, -0.05) is 18.2 Å². The third kappa shape index (κ3) is 4.35. The van der Waals surface area contributed by atoms with Crippen LogP contribution in [0.2, 0.25) is 0 Å². The molecule has 0 bridgehead atoms. The molecule has 0 aliphatic carbocycles. The van der Waals surface area contributed by atoms with E-state index >= 15 is 0 Å². The highest BCUT2D eigenvalue weighted by molar-refractivity contribution is 6.05. The van der Waals surface area contributed by atoms with Crippen LogP contribution in [-0.2, 0) is 13.0 Å². The van der Waals surface area contributed by atoms with Gasteiger partial charge in [0.25, 0.3) is 11.5 Å². The van der Waals surface area contributed by atoms with E-state index in [9.17, 15) is 18.8 Å². The second-order valence-corrected chi connectivity index (χ2v) is 8.09. The van der Waals surface area contributed by atoms with E-state index in [1.807, 2.05) is 35.0 Å². The third-order valence-electron chi connectivity index (χ3n) is 5.80. The summed E-state index contributed by atoms with van der Waals surface area (Å²) in [6.45, 7) is 0.633. The summed E-state index contributed by atoms with van der Waals surface area (Å²) in [4.78, 5) is 41.2. The average molecular weight is 472 g/mol. The summed E-state index contributed by atoms with van der Waals surface area (Å²) in [6.07, 6.45) is 4.34. The topological polar surface area (TPSA) is 95.2 Å². The Bertz CT molecular complexity index is 1480. The summed E-state index contributed by atoms with van der Waals surface area (Å²) < 4.78 is 23.6. The standard InChI is InChI=1S/C26H21FN4O4/c27-21-15-17(9-10-23(21)35-20-11-12-28-18(14-20)16-32)29-25(33)24-22-8-4-5-13-30(22)31(26(24)34)19-6-2-1-3-7-19/h1-3,6-7,9-12,14-16H,4-5,8,13H2,(H,29,33). The quantitative estimate of drug-likeness (QED) is 0.421. The van der Waals surface area contributed by atoms with Crippen molar-refractivity contribution in [3.8, 4) is 17.2 Å². The van der Waals surface area contributed by atoms with Crippen LogP contribution >= 0.6 is 0 Å². The first kappa shape index (κ1) is 22.3. The number of nitrogens with zero attached hydrogens (tertiary/aromatic N) is 3. The number of para-hydroxylation sites is 1. The molecule has 35 heavy (non-hydrogen) atoms. The smallest absolute Gasteiger partial charge is 0.284 e. The van der Waals surface area contributed by atoms with Gasteiger partial charge in [0, 0.05) is 30.6 Å². The number of halogens is 1. The number of fused-ring (bicyclic) bond motifs is 1. The maximum atomic E-state index is 14.7. The fourth-order valence-corrected chi connectivity index (χ4v) is 4.22. The molecule has 0 spiro atoms. The van der Waals surface area contributed by atoms with Gasteiger partial charge in [-0.2, -0.15) is 0 Å². The van der Waals surface area contributed by atoms with Crippen LogP contribution in [0.4, 0.5) is 10.1 Å². The summed E-state index contributed by atoms with van der Waals surface area (Å²) in [5.41, 5.74) is 1.35. The van der Waals surface area contributed by atoms with E-state index in [0.29, 0.717) is 30.6 Å². The monoisotopic (exact) mass is 472 g/mol. The van der Waals surface area contributed by atoms with Crippen LogP contribution in [0, 0.1) is 5.82 Å². The molecule has 1 amide bonds. The molecule has 0 fully saturated rings. The fraction of sp³-hybridized carbons (Fsp3) is 0.154. The van der Waals surface area contributed by atoms with Crippen LogP contribution in [-0.4, -0.2) is 26.5 Å². The number of pyridine rings is 1. The first-order valence-corrected chi connectivity index (χ1v) is 11.2. The largest absolute Gasteiger partial charge is 0.454 e. The van der Waals surface area contributed by atoms with Gasteiger partial charge in [0.05, 0.1) is 11.4 Å². The third-order valence-corrected chi connectivity index (χ3v) is 5.80. The number of aldehydes is 1. The van der Waals surface area contributed by atoms with Crippen LogP contribution in [0.25, 0.3) is 5.69 Å². The van der Waals surface area contributed by atoms with E-state index < -0.39 is 17.3 Å². The summed E-state index contributed by atoms with van der Waals surface area (Å²) in [5, 5.41) is 2.65. The first-order valence-electron chi connectivity index (χ1n) is 11.2. The van der Waals surface area contributed by atoms with Gasteiger partial charge in [-0.3, -0.25) is 24.0 Å². The van der Waals surface area contributed by atoms with Gasteiger partial charge in [0.1, 0.15) is 17.0 Å². The fourth-order valence-electron chi connectivity index (χ4n) is 4.22. The molecule has 5 rings (SSSR count). The molecule has 1 N–H and O–H groups in total. The molecule has 3 heterocycles. The maximum absolute atomic E-state index is 14.7. The first-order chi connectivity index (χ1) is 17.0. The number of hydrogen-bond acceptors (Lipinski definition) is 5. The summed E-state index contributed by atoms with van der Waals surface area (Å²) >= 11 is 0. The average Bonchev–Trinajstić information content (AvgIpc) is 3.18. The number of rotatable bonds is 6. The number of anilines is 1. The number of carbonyl (C=O) groups excluding carboxylic acids is 2. The molecule has 0 unspecified atom stereocenters. The number of benzene rings is 2. The summed E-state index contributed by atoms with van der Waals surface area (Å²) in [7, 11) is 0. The highest BCUT2D eigenvalue weighted by Gasteiger charge is 2.27. The highest BCUT2D eigenvalue weighted by atomic mass is 19.1. The van der Waals surface area contributed by atoms with E-state index in [1.54, 1.807) is 0 Å². The minimum atomic E-state index is -0.715. The molecule has 4 aromatic rings. The van der Waals surface area contributed by atoms with Crippen molar-refractivity contribution in [2.45, 2.75) is 25.8 Å². The number of aromatic nitrogens is 3. The lowest BCUT2D eigenvalue weighted by atomic mass is 10.1. The number of amides is 1. The normalized spacial score (nSPS) is 12.6. The van der Waals surface area contributed by atoms with Gasteiger partial charge >= 0.3 is 0 Å². The SMILES string of the molecule is O=Cc1cc(Oc2ccc(NC(=O)c3c4n(n(-c5ccccc5)c3=O)CCCC4)cc2F)ccn1. The minimum Gasteiger partial charge on any atom is -0.454 e. The van der Waals surface area contributed by atoms with Gasteiger partial charge in [-0.05, 0) is 49.6 Å². The molecular weight excluding hydrogens is 451 g/mol. The van der Waals surface area contributed by atoms with E-state index in [2.05, 4.69) is 10.3 Å². The second-order valence-electron chi connectivity index (χ2n) is 8.09. The number of carbonyl (C=O) groups is 2. The van der Waals surface area contributed by atoms with Gasteiger partial charge in [0.15, 0.2) is 17.9 Å². The van der Waals surface area contributed by atoms with Crippen molar-refractivity contribution in [3.63, 3.8) is 0 Å². The van der Waals surface area contributed by atoms with E-state index in [4.69, 9.17) is 4.74 Å². The summed E-state index contributed by atoms with van der Waals surface area (Å²) in [5.74, 6) is -1.14. The lowest BCUT2D eigenvalue weighted by Gasteiger charge is -2.19. The highest BCUT2D eigenvalue weighted by Crippen LogP contribution is 2.27. The van der Waals surface area contributed by atoms with E-state index in [0.717, 1.165) is 18.9 Å². The van der Waals surface area contributed by atoms with E-state index in [1.165, 1.54) is 35.1 Å². The minimum absolute atomic E-state index is 0.0625. The second kappa shape index (κ2) is 9.38. The van der Waals surface area contributed by atoms with E-state index in [-0.39, 0.29) is 28.4 Å². The van der Waals surface area contributed by atoms with Gasteiger partial charge < -0.3 is 10.1 Å². The molecule has 1 aliphatic rings. The van der Waals surface area contributed by atoms with Gasteiger partial charge in [-0.25, -0.2) is 9.07 Å². The lowest BCUT2D eigenvalue weighted by Crippen LogP contribution is -2.25. The Morgan fingerprint density at radius 1 is 1.09 bits per heavy atom. The molecule has 9 heteroatoms. The van der Waals surface area contributed by atoms with Crippen molar-refractivity contribution in [2.24, 2.45) is 0 Å². The molecule has 8 nitrogen and oxygen atoms in total. The molecule has 0 saturated carbocycles. The molecule has 2 aromatic heterocycles. The lowest BCUT2D eigenvalue weighted by molar-refractivity contribution is 0.102. The zero-order valence-electron chi connectivity index (χ0n) is 18.6. The Balaban J connectivity index is 1.42. The van der Waals surface area contributed by atoms with Crippen molar-refractivity contribution in [1.82, 2.24) is 14.3 Å². The summed E-state index contributed by atoms with van der Waals surface area (Å²) in [6, 6.07) is 16.0. The number of ether oxygens (including phenoxy) is 1. The van der Waals surface area contributed by atoms with Crippen molar-refractivity contribution in [1.29, 1.82) is 0 Å². The Labute approximate surface area is 199 Å². The van der Waals surface area contributed by atoms with Crippen LogP contribution in [0.3, 0.4) is 0 Å². The van der Waals surface area contributed by atoms with Crippen molar-refractivity contribution in [2.75, 3.05) is 5.32 Å². The Morgan fingerprint density at radius 3 is 2.69 bits per heavy atom. The van der Waals surface area contributed by atoms with Crippen LogP contribution < -0.4 is 15.6 Å². The van der Waals surface area contributed by atoms with Crippen LogP contribution in [0.1, 0.15) is 39.4 Å². The predicted octanol–water partition coefficient (Wildman–Crippen LogP) is 4.37. The molecule has 176 valence electrons. The number of hydrogen-bond donors (Lipinski definition) is 1.